The first kappa shape index (κ1) is 37.3. The standard InChI is InChI=1S/C46H36N4O9/c1-47(2)42-35(49(56)57)21-28(22-36(42)50(58)59)48-44(54)31-19-18-30-33(39(31)45(48)55)23-34-43(53)32(25-11-5-3-6-12-25)24-38(52)46(34,27-14-7-4-8-15-27)41(30)40-29-16-10-9-13-26(29)17-20-37(40)51/h3-18,20-22,24,31,33-34,39,41,51H,19,23H2,1-2H3/t31-,33+,34-,39-,41+,46-/m0/s1. The number of phenols is 1. The molecule has 294 valence electrons. The minimum atomic E-state index is -1.60. The van der Waals surface area contributed by atoms with Crippen molar-refractivity contribution < 1.29 is 34.1 Å². The number of nitro benzene ring substituents is 2. The van der Waals surface area contributed by atoms with Gasteiger partial charge in [-0.05, 0) is 52.8 Å². The van der Waals surface area contributed by atoms with Crippen molar-refractivity contribution in [1.29, 1.82) is 0 Å². The molecule has 13 nitrogen and oxygen atoms in total. The molecule has 0 bridgehead atoms. The molecule has 5 aromatic rings. The van der Waals surface area contributed by atoms with Gasteiger partial charge >= 0.3 is 11.4 Å². The first-order valence-electron chi connectivity index (χ1n) is 19.2. The molecule has 6 atom stereocenters. The largest absolute Gasteiger partial charge is 0.508 e. The van der Waals surface area contributed by atoms with E-state index in [1.165, 1.54) is 25.1 Å². The molecule has 13 heteroatoms. The second-order valence-electron chi connectivity index (χ2n) is 15.8. The Morgan fingerprint density at radius 1 is 0.780 bits per heavy atom. The number of ketones is 2. The molecule has 9 rings (SSSR count). The normalized spacial score (nSPS) is 24.8. The van der Waals surface area contributed by atoms with Crippen LogP contribution in [0.1, 0.15) is 35.4 Å². The highest BCUT2D eigenvalue weighted by Gasteiger charge is 2.66. The highest BCUT2D eigenvalue weighted by Crippen LogP contribution is 2.65. The van der Waals surface area contributed by atoms with Gasteiger partial charge in [-0.3, -0.25) is 39.4 Å². The van der Waals surface area contributed by atoms with Gasteiger partial charge in [0.25, 0.3) is 0 Å². The van der Waals surface area contributed by atoms with Gasteiger partial charge in [0.15, 0.2) is 17.3 Å². The number of imide groups is 1. The van der Waals surface area contributed by atoms with Gasteiger partial charge in [0.05, 0.1) is 32.8 Å². The minimum Gasteiger partial charge on any atom is -0.508 e. The van der Waals surface area contributed by atoms with E-state index in [0.29, 0.717) is 27.6 Å². The molecule has 1 saturated carbocycles. The summed E-state index contributed by atoms with van der Waals surface area (Å²) in [4.78, 5) is 85.2. The fourth-order valence-electron chi connectivity index (χ4n) is 10.5. The average molecular weight is 789 g/mol. The third kappa shape index (κ3) is 5.37. The van der Waals surface area contributed by atoms with Gasteiger partial charge in [-0.25, -0.2) is 4.90 Å². The van der Waals surface area contributed by atoms with E-state index in [9.17, 15) is 34.9 Å². The SMILES string of the molecule is CN(C)c1c([N+](=O)[O-])cc(N2C(=O)[C@H]3[C@H](CC=C4[C@H]3C[C@H]3C(=O)C(c5ccccc5)=CC(=O)[C@@]3(c3ccccc3)[C@H]4c3c(O)ccc4ccccc34)C2=O)cc1[N+](=O)[O-]. The topological polar surface area (TPSA) is 181 Å². The molecular formula is C46H36N4O9. The van der Waals surface area contributed by atoms with Gasteiger partial charge in [0.1, 0.15) is 5.75 Å². The fourth-order valence-corrected chi connectivity index (χ4v) is 10.5. The molecule has 5 aromatic carbocycles. The monoisotopic (exact) mass is 788 g/mol. The molecule has 2 amide bonds. The van der Waals surface area contributed by atoms with Gasteiger partial charge in [0.2, 0.25) is 11.8 Å². The van der Waals surface area contributed by atoms with Crippen molar-refractivity contribution in [3.63, 3.8) is 0 Å². The van der Waals surface area contributed by atoms with Crippen LogP contribution in [-0.2, 0) is 24.6 Å². The maximum atomic E-state index is 15.4. The number of carbonyl (C=O) groups is 4. The van der Waals surface area contributed by atoms with Crippen LogP contribution in [0.3, 0.4) is 0 Å². The predicted molar refractivity (Wildman–Crippen MR) is 219 cm³/mol. The number of Topliss-reactive ketones (excluding diaryl/α,β-unsaturated/α-hetero) is 1. The second-order valence-corrected chi connectivity index (χ2v) is 15.8. The summed E-state index contributed by atoms with van der Waals surface area (Å²) < 4.78 is 0. The van der Waals surface area contributed by atoms with Crippen LogP contribution in [0.2, 0.25) is 0 Å². The lowest BCUT2D eigenvalue weighted by molar-refractivity contribution is -0.392. The zero-order chi connectivity index (χ0) is 41.5. The molecular weight excluding hydrogens is 753 g/mol. The van der Waals surface area contributed by atoms with E-state index in [2.05, 4.69) is 0 Å². The third-order valence-electron chi connectivity index (χ3n) is 12.8. The Bertz CT molecular complexity index is 2710. The van der Waals surface area contributed by atoms with E-state index in [1.807, 2.05) is 48.5 Å². The number of carbonyl (C=O) groups excluding carboxylic acids is 4. The van der Waals surface area contributed by atoms with E-state index in [4.69, 9.17) is 0 Å². The molecule has 0 spiro atoms. The number of anilines is 2. The molecule has 2 fully saturated rings. The van der Waals surface area contributed by atoms with Crippen molar-refractivity contribution in [1.82, 2.24) is 0 Å². The van der Waals surface area contributed by atoms with Crippen LogP contribution < -0.4 is 9.80 Å². The van der Waals surface area contributed by atoms with Crippen LogP contribution in [0.25, 0.3) is 16.3 Å². The van der Waals surface area contributed by atoms with Crippen molar-refractivity contribution >= 4 is 62.5 Å². The number of phenolic OH excluding ortho intramolecular Hbond substituents is 1. The van der Waals surface area contributed by atoms with Crippen LogP contribution in [0, 0.1) is 43.9 Å². The number of aromatic hydroxyl groups is 1. The molecule has 0 radical (unpaired) electrons. The summed E-state index contributed by atoms with van der Waals surface area (Å²) in [5.41, 5.74) is -1.18. The van der Waals surface area contributed by atoms with Crippen molar-refractivity contribution in [2.75, 3.05) is 23.9 Å². The van der Waals surface area contributed by atoms with Crippen molar-refractivity contribution in [3.8, 4) is 5.75 Å². The van der Waals surface area contributed by atoms with Gasteiger partial charge in [-0.2, -0.15) is 0 Å². The summed E-state index contributed by atoms with van der Waals surface area (Å²) in [6.07, 6.45) is 3.27. The first-order valence-corrected chi connectivity index (χ1v) is 19.2. The molecule has 1 N–H and O–H groups in total. The molecule has 1 heterocycles. The zero-order valence-corrected chi connectivity index (χ0v) is 31.9. The lowest BCUT2D eigenvalue weighted by Gasteiger charge is -2.55. The second kappa shape index (κ2) is 13.7. The Balaban J connectivity index is 1.28. The number of benzene rings is 5. The Morgan fingerprint density at radius 3 is 2.05 bits per heavy atom. The maximum absolute atomic E-state index is 15.4. The molecule has 1 saturated heterocycles. The summed E-state index contributed by atoms with van der Waals surface area (Å²) in [7, 11) is 2.84. The Kier molecular flexibility index (Phi) is 8.65. The minimum absolute atomic E-state index is 0.0224. The average Bonchev–Trinajstić information content (AvgIpc) is 3.50. The zero-order valence-electron chi connectivity index (χ0n) is 31.9. The van der Waals surface area contributed by atoms with E-state index in [1.54, 1.807) is 54.6 Å². The van der Waals surface area contributed by atoms with Gasteiger partial charge in [-0.15, -0.1) is 0 Å². The number of rotatable bonds is 7. The molecule has 0 unspecified atom stereocenters. The van der Waals surface area contributed by atoms with E-state index >= 15 is 9.59 Å². The molecule has 4 aliphatic rings. The molecule has 59 heavy (non-hydrogen) atoms. The fraction of sp³-hybridized carbons (Fsp3) is 0.217. The van der Waals surface area contributed by atoms with Gasteiger partial charge < -0.3 is 10.0 Å². The third-order valence-corrected chi connectivity index (χ3v) is 12.8. The van der Waals surface area contributed by atoms with Crippen molar-refractivity contribution in [3.05, 3.63) is 164 Å². The number of nitrogens with zero attached hydrogens (tertiary/aromatic N) is 4. The highest BCUT2D eigenvalue weighted by atomic mass is 16.6. The summed E-state index contributed by atoms with van der Waals surface area (Å²) in [6.45, 7) is 0. The number of nitro groups is 2. The van der Waals surface area contributed by atoms with Crippen molar-refractivity contribution in [2.24, 2.45) is 23.7 Å². The summed E-state index contributed by atoms with van der Waals surface area (Å²) >= 11 is 0. The summed E-state index contributed by atoms with van der Waals surface area (Å²) in [5, 5.41) is 38.0. The lowest BCUT2D eigenvalue weighted by atomic mass is 9.44. The van der Waals surface area contributed by atoms with E-state index < -0.39 is 68.0 Å². The van der Waals surface area contributed by atoms with Crippen molar-refractivity contribution in [2.45, 2.75) is 24.2 Å². The quantitative estimate of drug-likeness (QED) is 0.0753. The van der Waals surface area contributed by atoms with Gasteiger partial charge in [-0.1, -0.05) is 103 Å². The van der Waals surface area contributed by atoms with Crippen LogP contribution in [0.4, 0.5) is 22.7 Å². The predicted octanol–water partition coefficient (Wildman–Crippen LogP) is 7.46. The van der Waals surface area contributed by atoms with Crippen LogP contribution >= 0.6 is 0 Å². The van der Waals surface area contributed by atoms with Crippen LogP contribution in [0.5, 0.6) is 5.75 Å². The molecule has 3 aliphatic carbocycles. The molecule has 0 aromatic heterocycles. The molecule has 1 aliphatic heterocycles. The number of allylic oxidation sites excluding steroid dienone is 4. The lowest BCUT2D eigenvalue weighted by Crippen LogP contribution is -2.58. The number of hydrogen-bond donors (Lipinski definition) is 1. The Morgan fingerprint density at radius 2 is 1.41 bits per heavy atom. The first-order chi connectivity index (χ1) is 28.4. The number of fused-ring (bicyclic) bond motifs is 5. The Hall–Kier alpha value is -7.28. The number of hydrogen-bond acceptors (Lipinski definition) is 10. The smallest absolute Gasteiger partial charge is 0.301 e. The van der Waals surface area contributed by atoms with Crippen LogP contribution in [0.15, 0.2) is 127 Å². The van der Waals surface area contributed by atoms with E-state index in [0.717, 1.165) is 22.4 Å². The maximum Gasteiger partial charge on any atom is 0.301 e. The van der Waals surface area contributed by atoms with Gasteiger partial charge in [0, 0.05) is 49.2 Å². The summed E-state index contributed by atoms with van der Waals surface area (Å²) in [6, 6.07) is 30.6. The van der Waals surface area contributed by atoms with E-state index in [-0.39, 0.29) is 47.1 Å². The Labute approximate surface area is 337 Å². The number of amides is 2. The summed E-state index contributed by atoms with van der Waals surface area (Å²) in [5.74, 6) is -7.17. The highest BCUT2D eigenvalue weighted by molar-refractivity contribution is 6.32. The van der Waals surface area contributed by atoms with Crippen LogP contribution in [-0.4, -0.2) is 52.4 Å².